The summed E-state index contributed by atoms with van der Waals surface area (Å²) in [6.07, 6.45) is 2.30. The molecule has 0 spiro atoms. The van der Waals surface area contributed by atoms with Crippen LogP contribution in [-0.2, 0) is 16.0 Å². The second-order valence-corrected chi connectivity index (χ2v) is 8.16. The number of hydrogen-bond donors (Lipinski definition) is 2. The number of nitrogens with one attached hydrogen (secondary N) is 1. The maximum absolute atomic E-state index is 14.1. The minimum absolute atomic E-state index is 0.152. The summed E-state index contributed by atoms with van der Waals surface area (Å²) >= 11 is 0. The van der Waals surface area contributed by atoms with E-state index in [2.05, 4.69) is 4.98 Å². The number of ketones is 1. The van der Waals surface area contributed by atoms with E-state index in [1.165, 1.54) is 35.2 Å². The number of aromatic amines is 1. The molecule has 3 aromatic carbocycles. The summed E-state index contributed by atoms with van der Waals surface area (Å²) < 4.78 is 27.5. The SMILES string of the molecule is O=C1C(=O)N(CCc2c[nH]c3ccccc23)C(c2cccc(F)c2)/C1=C(\O)c1ccc(F)cc1. The first-order chi connectivity index (χ1) is 16.4. The van der Waals surface area contributed by atoms with Crippen molar-refractivity contribution >= 4 is 28.4 Å². The minimum atomic E-state index is -0.981. The molecule has 2 N–H and O–H groups in total. The fourth-order valence-electron chi connectivity index (χ4n) is 4.48. The molecule has 1 unspecified atom stereocenters. The van der Waals surface area contributed by atoms with Crippen molar-refractivity contribution in [1.29, 1.82) is 0 Å². The third-order valence-corrected chi connectivity index (χ3v) is 6.12. The number of para-hydroxylation sites is 1. The smallest absolute Gasteiger partial charge is 0.295 e. The second kappa shape index (κ2) is 8.59. The minimum Gasteiger partial charge on any atom is -0.507 e. The molecule has 0 bridgehead atoms. The number of amides is 1. The lowest BCUT2D eigenvalue weighted by Crippen LogP contribution is -2.31. The summed E-state index contributed by atoms with van der Waals surface area (Å²) in [5.74, 6) is -3.10. The summed E-state index contributed by atoms with van der Waals surface area (Å²) in [5, 5.41) is 12.0. The fraction of sp³-hybridized carbons (Fsp3) is 0.111. The molecule has 5 rings (SSSR count). The van der Waals surface area contributed by atoms with Gasteiger partial charge in [-0.05, 0) is 60.0 Å². The molecule has 34 heavy (non-hydrogen) atoms. The fourth-order valence-corrected chi connectivity index (χ4v) is 4.48. The van der Waals surface area contributed by atoms with Gasteiger partial charge in [-0.25, -0.2) is 8.78 Å². The average molecular weight is 458 g/mol. The van der Waals surface area contributed by atoms with E-state index >= 15 is 0 Å². The highest BCUT2D eigenvalue weighted by molar-refractivity contribution is 6.46. The van der Waals surface area contributed by atoms with E-state index in [4.69, 9.17) is 0 Å². The summed E-state index contributed by atoms with van der Waals surface area (Å²) in [7, 11) is 0. The molecule has 2 heterocycles. The van der Waals surface area contributed by atoms with E-state index in [1.54, 1.807) is 6.07 Å². The van der Waals surface area contributed by atoms with Gasteiger partial charge >= 0.3 is 0 Å². The lowest BCUT2D eigenvalue weighted by molar-refractivity contribution is -0.139. The summed E-state index contributed by atoms with van der Waals surface area (Å²) in [5.41, 5.74) is 2.33. The Hall–Kier alpha value is -4.26. The predicted octanol–water partition coefficient (Wildman–Crippen LogP) is 5.11. The number of fused-ring (bicyclic) bond motifs is 1. The van der Waals surface area contributed by atoms with Crippen molar-refractivity contribution in [1.82, 2.24) is 9.88 Å². The van der Waals surface area contributed by atoms with Gasteiger partial charge in [-0.15, -0.1) is 0 Å². The summed E-state index contributed by atoms with van der Waals surface area (Å²) in [4.78, 5) is 30.7. The second-order valence-electron chi connectivity index (χ2n) is 8.16. The number of aliphatic hydroxyl groups excluding tert-OH is 1. The van der Waals surface area contributed by atoms with Gasteiger partial charge in [0.25, 0.3) is 11.7 Å². The van der Waals surface area contributed by atoms with Crippen LogP contribution in [0.15, 0.2) is 84.6 Å². The Bertz CT molecular complexity index is 1440. The first-order valence-corrected chi connectivity index (χ1v) is 10.8. The third kappa shape index (κ3) is 3.75. The number of halogens is 2. The van der Waals surface area contributed by atoms with Crippen LogP contribution < -0.4 is 0 Å². The lowest BCUT2D eigenvalue weighted by atomic mass is 9.95. The van der Waals surface area contributed by atoms with Crippen LogP contribution in [-0.4, -0.2) is 33.2 Å². The van der Waals surface area contributed by atoms with Crippen LogP contribution in [0, 0.1) is 11.6 Å². The number of benzene rings is 3. The Kier molecular flexibility index (Phi) is 5.45. The zero-order chi connectivity index (χ0) is 23.8. The van der Waals surface area contributed by atoms with Crippen molar-refractivity contribution < 1.29 is 23.5 Å². The normalized spacial score (nSPS) is 17.6. The van der Waals surface area contributed by atoms with Crippen LogP contribution in [0.3, 0.4) is 0 Å². The maximum Gasteiger partial charge on any atom is 0.295 e. The van der Waals surface area contributed by atoms with Gasteiger partial charge in [0.05, 0.1) is 11.6 Å². The number of aliphatic hydroxyl groups is 1. The van der Waals surface area contributed by atoms with E-state index in [9.17, 15) is 23.5 Å². The van der Waals surface area contributed by atoms with Gasteiger partial charge in [0.2, 0.25) is 0 Å². The summed E-state index contributed by atoms with van der Waals surface area (Å²) in [6, 6.07) is 17.3. The van der Waals surface area contributed by atoms with Crippen molar-refractivity contribution in [2.45, 2.75) is 12.5 Å². The number of carbonyl (C=O) groups is 2. The van der Waals surface area contributed by atoms with Crippen LogP contribution in [0.5, 0.6) is 0 Å². The number of aromatic nitrogens is 1. The average Bonchev–Trinajstić information content (AvgIpc) is 3.36. The molecular formula is C27H20F2N2O3. The lowest BCUT2D eigenvalue weighted by Gasteiger charge is -2.25. The van der Waals surface area contributed by atoms with E-state index in [-0.39, 0.29) is 17.7 Å². The Labute approximate surface area is 194 Å². The molecule has 1 amide bonds. The number of nitrogens with zero attached hydrogens (tertiary/aromatic N) is 1. The topological polar surface area (TPSA) is 73.4 Å². The zero-order valence-corrected chi connectivity index (χ0v) is 18.0. The van der Waals surface area contributed by atoms with E-state index < -0.39 is 35.1 Å². The quantitative estimate of drug-likeness (QED) is 0.248. The monoisotopic (exact) mass is 458 g/mol. The van der Waals surface area contributed by atoms with Gasteiger partial charge in [-0.1, -0.05) is 30.3 Å². The Balaban J connectivity index is 1.57. The molecule has 4 aromatic rings. The molecule has 0 aliphatic carbocycles. The van der Waals surface area contributed by atoms with Crippen LogP contribution in [0.25, 0.3) is 16.7 Å². The van der Waals surface area contributed by atoms with E-state index in [0.717, 1.165) is 28.6 Å². The van der Waals surface area contributed by atoms with Crippen molar-refractivity contribution in [2.75, 3.05) is 6.54 Å². The molecule has 1 atom stereocenters. The number of hydrogen-bond acceptors (Lipinski definition) is 3. The number of carbonyl (C=O) groups excluding carboxylic acids is 2. The van der Waals surface area contributed by atoms with Crippen molar-refractivity contribution in [3.63, 3.8) is 0 Å². The Morgan fingerprint density at radius 1 is 0.941 bits per heavy atom. The van der Waals surface area contributed by atoms with Gasteiger partial charge in [-0.3, -0.25) is 9.59 Å². The highest BCUT2D eigenvalue weighted by atomic mass is 19.1. The first-order valence-electron chi connectivity index (χ1n) is 10.8. The Morgan fingerprint density at radius 3 is 2.47 bits per heavy atom. The highest BCUT2D eigenvalue weighted by Crippen LogP contribution is 2.39. The van der Waals surface area contributed by atoms with Crippen LogP contribution in [0.4, 0.5) is 8.78 Å². The molecule has 0 saturated carbocycles. The highest BCUT2D eigenvalue weighted by Gasteiger charge is 2.46. The number of rotatable bonds is 5. The molecule has 1 aliphatic heterocycles. The van der Waals surface area contributed by atoms with Crippen molar-refractivity contribution in [3.05, 3.63) is 113 Å². The molecule has 7 heteroatoms. The number of H-pyrrole nitrogens is 1. The molecule has 1 aromatic heterocycles. The van der Waals surface area contributed by atoms with Gasteiger partial charge in [0, 0.05) is 29.2 Å². The maximum atomic E-state index is 14.1. The van der Waals surface area contributed by atoms with Crippen molar-refractivity contribution in [2.24, 2.45) is 0 Å². The molecule has 1 saturated heterocycles. The molecule has 1 fully saturated rings. The van der Waals surface area contributed by atoms with Crippen LogP contribution >= 0.6 is 0 Å². The van der Waals surface area contributed by atoms with Gasteiger partial charge in [0.1, 0.15) is 17.4 Å². The zero-order valence-electron chi connectivity index (χ0n) is 18.0. The van der Waals surface area contributed by atoms with Gasteiger partial charge in [-0.2, -0.15) is 0 Å². The van der Waals surface area contributed by atoms with Crippen LogP contribution in [0.2, 0.25) is 0 Å². The molecule has 0 radical (unpaired) electrons. The van der Waals surface area contributed by atoms with Gasteiger partial charge in [0.15, 0.2) is 0 Å². The summed E-state index contributed by atoms with van der Waals surface area (Å²) in [6.45, 7) is 0.174. The molecule has 5 nitrogen and oxygen atoms in total. The standard InChI is InChI=1S/C27H20F2N2O3/c28-19-10-8-16(9-11-19)25(32)23-24(17-4-3-5-20(29)14-17)31(27(34)26(23)33)13-12-18-15-30-22-7-2-1-6-21(18)22/h1-11,14-15,24,30,32H,12-13H2/b25-23+. The third-order valence-electron chi connectivity index (χ3n) is 6.12. The largest absolute Gasteiger partial charge is 0.507 e. The molecular weight excluding hydrogens is 438 g/mol. The van der Waals surface area contributed by atoms with E-state index in [0.29, 0.717) is 12.0 Å². The molecule has 170 valence electrons. The van der Waals surface area contributed by atoms with Gasteiger partial charge < -0.3 is 15.0 Å². The number of Topliss-reactive ketones (excluding diaryl/α,β-unsaturated/α-hetero) is 1. The van der Waals surface area contributed by atoms with Crippen LogP contribution in [0.1, 0.15) is 22.7 Å². The first kappa shape index (κ1) is 21.6. The molecule has 1 aliphatic rings. The predicted molar refractivity (Wildman–Crippen MR) is 124 cm³/mol. The number of likely N-dealkylation sites (tertiary alicyclic amines) is 1. The van der Waals surface area contributed by atoms with Crippen molar-refractivity contribution in [3.8, 4) is 0 Å². The Morgan fingerprint density at radius 2 is 1.71 bits per heavy atom. The van der Waals surface area contributed by atoms with E-state index in [1.807, 2.05) is 30.5 Å².